The molecule has 0 radical (unpaired) electrons. The van der Waals surface area contributed by atoms with E-state index in [0.29, 0.717) is 5.92 Å². The van der Waals surface area contributed by atoms with E-state index in [1.54, 1.807) is 7.05 Å². The number of carbonyl (C=O) groups is 1. The summed E-state index contributed by atoms with van der Waals surface area (Å²) in [6, 6.07) is 0. The molecule has 0 heterocycles. The average molecular weight is 185 g/mol. The zero-order chi connectivity index (χ0) is 10.5. The molecule has 0 aromatic heterocycles. The van der Waals surface area contributed by atoms with E-state index in [1.165, 1.54) is 0 Å². The van der Waals surface area contributed by atoms with Crippen LogP contribution < -0.4 is 5.32 Å². The van der Waals surface area contributed by atoms with Gasteiger partial charge in [-0.05, 0) is 18.8 Å². The fourth-order valence-electron chi connectivity index (χ4n) is 2.13. The molecule has 1 atom stereocenters. The van der Waals surface area contributed by atoms with E-state index in [9.17, 15) is 4.79 Å². The molecule has 1 amide bonds. The van der Waals surface area contributed by atoms with Gasteiger partial charge in [-0.15, -0.1) is 0 Å². The molecule has 0 aliphatic heterocycles. The maximum Gasteiger partial charge on any atom is 0.226 e. The second-order valence-electron chi connectivity index (χ2n) is 3.75. The Labute approximate surface area is 82.1 Å². The molecule has 13 heavy (non-hydrogen) atoms. The molecular formula is C11H23NO. The van der Waals surface area contributed by atoms with E-state index in [4.69, 9.17) is 0 Å². The maximum absolute atomic E-state index is 11.8. The van der Waals surface area contributed by atoms with Gasteiger partial charge in [0.25, 0.3) is 0 Å². The van der Waals surface area contributed by atoms with Crippen molar-refractivity contribution in [1.29, 1.82) is 0 Å². The van der Waals surface area contributed by atoms with Gasteiger partial charge >= 0.3 is 0 Å². The van der Waals surface area contributed by atoms with Gasteiger partial charge in [-0.1, -0.05) is 34.1 Å². The van der Waals surface area contributed by atoms with Crippen LogP contribution in [0.15, 0.2) is 0 Å². The minimum absolute atomic E-state index is 0.149. The Morgan fingerprint density at radius 3 is 2.00 bits per heavy atom. The van der Waals surface area contributed by atoms with E-state index in [-0.39, 0.29) is 11.3 Å². The van der Waals surface area contributed by atoms with Crippen molar-refractivity contribution in [3.05, 3.63) is 0 Å². The quantitative estimate of drug-likeness (QED) is 0.701. The van der Waals surface area contributed by atoms with Crippen molar-refractivity contribution in [2.45, 2.75) is 47.0 Å². The first-order valence-electron chi connectivity index (χ1n) is 5.31. The summed E-state index contributed by atoms with van der Waals surface area (Å²) in [7, 11) is 1.73. The van der Waals surface area contributed by atoms with Crippen molar-refractivity contribution < 1.29 is 4.79 Å². The first kappa shape index (κ1) is 12.5. The fraction of sp³-hybridized carbons (Fsp3) is 0.909. The van der Waals surface area contributed by atoms with Crippen LogP contribution in [-0.4, -0.2) is 13.0 Å². The zero-order valence-electron chi connectivity index (χ0n) is 9.61. The lowest BCUT2D eigenvalue weighted by Gasteiger charge is -2.35. The lowest BCUT2D eigenvalue weighted by Crippen LogP contribution is -2.43. The summed E-state index contributed by atoms with van der Waals surface area (Å²) >= 11 is 0. The number of rotatable bonds is 5. The number of nitrogens with one attached hydrogen (secondary N) is 1. The predicted octanol–water partition coefficient (Wildman–Crippen LogP) is 2.58. The molecule has 78 valence electrons. The summed E-state index contributed by atoms with van der Waals surface area (Å²) in [6.45, 7) is 8.52. The van der Waals surface area contributed by atoms with Gasteiger partial charge in [-0.3, -0.25) is 4.79 Å². The lowest BCUT2D eigenvalue weighted by molar-refractivity contribution is -0.134. The molecule has 0 bridgehead atoms. The third kappa shape index (κ3) is 2.23. The van der Waals surface area contributed by atoms with Gasteiger partial charge in [-0.2, -0.15) is 0 Å². The van der Waals surface area contributed by atoms with Crippen molar-refractivity contribution >= 4 is 5.91 Å². The highest BCUT2D eigenvalue weighted by atomic mass is 16.2. The first-order valence-corrected chi connectivity index (χ1v) is 5.31. The molecular weight excluding hydrogens is 162 g/mol. The Morgan fingerprint density at radius 1 is 1.31 bits per heavy atom. The van der Waals surface area contributed by atoms with Crippen molar-refractivity contribution in [3.8, 4) is 0 Å². The van der Waals surface area contributed by atoms with Crippen molar-refractivity contribution in [2.24, 2.45) is 11.3 Å². The predicted molar refractivity (Wildman–Crippen MR) is 56.5 cm³/mol. The molecule has 0 saturated carbocycles. The minimum Gasteiger partial charge on any atom is -0.359 e. The zero-order valence-corrected chi connectivity index (χ0v) is 9.61. The summed E-state index contributed by atoms with van der Waals surface area (Å²) < 4.78 is 0. The Bertz CT molecular complexity index is 161. The van der Waals surface area contributed by atoms with Crippen LogP contribution in [0.5, 0.6) is 0 Å². The second-order valence-corrected chi connectivity index (χ2v) is 3.75. The van der Waals surface area contributed by atoms with E-state index in [0.717, 1.165) is 19.3 Å². The first-order chi connectivity index (χ1) is 6.08. The largest absolute Gasteiger partial charge is 0.359 e. The van der Waals surface area contributed by atoms with Gasteiger partial charge in [0, 0.05) is 7.05 Å². The van der Waals surface area contributed by atoms with Crippen molar-refractivity contribution in [3.63, 3.8) is 0 Å². The summed E-state index contributed by atoms with van der Waals surface area (Å²) in [5, 5.41) is 2.78. The van der Waals surface area contributed by atoms with Gasteiger partial charge in [-0.25, -0.2) is 0 Å². The molecule has 0 rings (SSSR count). The van der Waals surface area contributed by atoms with Gasteiger partial charge in [0.05, 0.1) is 5.41 Å². The van der Waals surface area contributed by atoms with Crippen LogP contribution in [0.25, 0.3) is 0 Å². The molecule has 0 fully saturated rings. The molecule has 0 aromatic carbocycles. The summed E-state index contributed by atoms with van der Waals surface area (Å²) in [6.07, 6.45) is 2.92. The summed E-state index contributed by atoms with van der Waals surface area (Å²) in [5.41, 5.74) is -0.149. The second kappa shape index (κ2) is 5.25. The smallest absolute Gasteiger partial charge is 0.226 e. The van der Waals surface area contributed by atoms with Crippen LogP contribution in [0.2, 0.25) is 0 Å². The molecule has 0 saturated heterocycles. The number of hydrogen-bond acceptors (Lipinski definition) is 1. The van der Waals surface area contributed by atoms with Crippen LogP contribution in [0.3, 0.4) is 0 Å². The van der Waals surface area contributed by atoms with Crippen LogP contribution in [0, 0.1) is 11.3 Å². The van der Waals surface area contributed by atoms with Crippen molar-refractivity contribution in [2.75, 3.05) is 7.05 Å². The maximum atomic E-state index is 11.8. The highest BCUT2D eigenvalue weighted by Gasteiger charge is 2.38. The molecule has 1 N–H and O–H groups in total. The molecule has 0 aliphatic rings. The minimum atomic E-state index is -0.149. The third-order valence-corrected chi connectivity index (χ3v) is 3.50. The number of hydrogen-bond donors (Lipinski definition) is 1. The molecule has 2 nitrogen and oxygen atoms in total. The Balaban J connectivity index is 4.78. The van der Waals surface area contributed by atoms with E-state index >= 15 is 0 Å². The average Bonchev–Trinajstić information content (AvgIpc) is 2.19. The SMILES string of the molecule is CCC(C)C(CC)(CC)C(=O)NC. The molecule has 2 heteroatoms. The topological polar surface area (TPSA) is 29.1 Å². The van der Waals surface area contributed by atoms with E-state index in [2.05, 4.69) is 33.0 Å². The molecule has 1 unspecified atom stereocenters. The Kier molecular flexibility index (Phi) is 5.04. The molecule has 0 spiro atoms. The van der Waals surface area contributed by atoms with Crippen LogP contribution >= 0.6 is 0 Å². The normalized spacial score (nSPS) is 13.9. The summed E-state index contributed by atoms with van der Waals surface area (Å²) in [5.74, 6) is 0.661. The monoisotopic (exact) mass is 185 g/mol. The van der Waals surface area contributed by atoms with Crippen LogP contribution in [-0.2, 0) is 4.79 Å². The standard InChI is InChI=1S/C11H23NO/c1-6-9(4)11(7-2,8-3)10(13)12-5/h9H,6-8H2,1-5H3,(H,12,13). The van der Waals surface area contributed by atoms with Crippen LogP contribution in [0.1, 0.15) is 47.0 Å². The molecule has 0 aromatic rings. The van der Waals surface area contributed by atoms with Crippen LogP contribution in [0.4, 0.5) is 0 Å². The molecule has 0 aliphatic carbocycles. The van der Waals surface area contributed by atoms with E-state index < -0.39 is 0 Å². The highest BCUT2D eigenvalue weighted by molar-refractivity contribution is 5.82. The Morgan fingerprint density at radius 2 is 1.77 bits per heavy atom. The van der Waals surface area contributed by atoms with Gasteiger partial charge in [0.2, 0.25) is 5.91 Å². The number of carbonyl (C=O) groups excluding carboxylic acids is 1. The van der Waals surface area contributed by atoms with Gasteiger partial charge in [0.1, 0.15) is 0 Å². The summed E-state index contributed by atoms with van der Waals surface area (Å²) in [4.78, 5) is 11.8. The van der Waals surface area contributed by atoms with Gasteiger partial charge < -0.3 is 5.32 Å². The van der Waals surface area contributed by atoms with Gasteiger partial charge in [0.15, 0.2) is 0 Å². The van der Waals surface area contributed by atoms with Crippen molar-refractivity contribution in [1.82, 2.24) is 5.32 Å². The fourth-order valence-corrected chi connectivity index (χ4v) is 2.13. The lowest BCUT2D eigenvalue weighted by atomic mass is 9.70. The Hall–Kier alpha value is -0.530. The third-order valence-electron chi connectivity index (χ3n) is 3.50. The highest BCUT2D eigenvalue weighted by Crippen LogP contribution is 2.37. The van der Waals surface area contributed by atoms with E-state index in [1.807, 2.05) is 0 Å². The number of amides is 1.